The van der Waals surface area contributed by atoms with E-state index in [4.69, 9.17) is 9.15 Å². The van der Waals surface area contributed by atoms with Gasteiger partial charge in [-0.3, -0.25) is 4.79 Å². The summed E-state index contributed by atoms with van der Waals surface area (Å²) in [5, 5.41) is 1.14. The van der Waals surface area contributed by atoms with Gasteiger partial charge in [-0.25, -0.2) is 0 Å². The van der Waals surface area contributed by atoms with Crippen molar-refractivity contribution in [2.24, 2.45) is 0 Å². The molecule has 5 rings (SSSR count). The third-order valence-corrected chi connectivity index (χ3v) is 6.97. The van der Waals surface area contributed by atoms with Gasteiger partial charge < -0.3 is 19.0 Å². The standard InChI is InChI=1S/C26H27N3O3S/c1-18-3-5-19(6-4-18)23-11-8-20(32-23)9-12-25(30)28-13-15-29(16-14-28)26-22-10-7-21(31-2)17-24(22)33-27-26/h3-8,10-11,17H,9,12-16H2,1-2H3. The van der Waals surface area contributed by atoms with E-state index in [2.05, 4.69) is 46.5 Å². The Bertz CT molecular complexity index is 1250. The monoisotopic (exact) mass is 461 g/mol. The van der Waals surface area contributed by atoms with Gasteiger partial charge >= 0.3 is 0 Å². The van der Waals surface area contributed by atoms with Crippen LogP contribution in [0.2, 0.25) is 0 Å². The van der Waals surface area contributed by atoms with Crippen LogP contribution in [0.1, 0.15) is 17.7 Å². The molecule has 0 unspecified atom stereocenters. The highest BCUT2D eigenvalue weighted by Gasteiger charge is 2.24. The zero-order chi connectivity index (χ0) is 22.8. The van der Waals surface area contributed by atoms with Crippen LogP contribution in [0.15, 0.2) is 59.0 Å². The normalized spacial score (nSPS) is 14.1. The minimum atomic E-state index is 0.177. The maximum Gasteiger partial charge on any atom is 0.223 e. The summed E-state index contributed by atoms with van der Waals surface area (Å²) in [4.78, 5) is 17.0. The molecular weight excluding hydrogens is 434 g/mol. The number of fused-ring (bicyclic) bond motifs is 1. The van der Waals surface area contributed by atoms with Crippen LogP contribution in [-0.4, -0.2) is 48.5 Å². The van der Waals surface area contributed by atoms with E-state index < -0.39 is 0 Å². The number of rotatable bonds is 6. The number of amides is 1. The first-order valence-electron chi connectivity index (χ1n) is 11.2. The number of hydrogen-bond acceptors (Lipinski definition) is 6. The zero-order valence-electron chi connectivity index (χ0n) is 18.9. The summed E-state index contributed by atoms with van der Waals surface area (Å²) in [5.41, 5.74) is 2.28. The van der Waals surface area contributed by atoms with Gasteiger partial charge in [0.25, 0.3) is 0 Å². The van der Waals surface area contributed by atoms with Gasteiger partial charge in [0.2, 0.25) is 5.91 Å². The zero-order valence-corrected chi connectivity index (χ0v) is 19.7. The first-order valence-corrected chi connectivity index (χ1v) is 12.0. The first kappa shape index (κ1) is 21.5. The summed E-state index contributed by atoms with van der Waals surface area (Å²) in [5.74, 6) is 3.72. The Balaban J connectivity index is 1.15. The van der Waals surface area contributed by atoms with E-state index in [-0.39, 0.29) is 5.91 Å². The molecule has 2 aromatic carbocycles. The minimum Gasteiger partial charge on any atom is -0.497 e. The highest BCUT2D eigenvalue weighted by Crippen LogP contribution is 2.33. The number of ether oxygens (including phenoxy) is 1. The van der Waals surface area contributed by atoms with Crippen LogP contribution in [-0.2, 0) is 11.2 Å². The predicted molar refractivity (Wildman–Crippen MR) is 132 cm³/mol. The van der Waals surface area contributed by atoms with E-state index in [0.717, 1.165) is 51.8 Å². The van der Waals surface area contributed by atoms with Crippen molar-refractivity contribution in [3.63, 3.8) is 0 Å². The summed E-state index contributed by atoms with van der Waals surface area (Å²) in [7, 11) is 1.67. The second-order valence-corrected chi connectivity index (χ2v) is 9.17. The number of carbonyl (C=O) groups is 1. The van der Waals surface area contributed by atoms with E-state index in [0.29, 0.717) is 25.9 Å². The maximum absolute atomic E-state index is 12.8. The molecule has 0 N–H and O–H groups in total. The van der Waals surface area contributed by atoms with Crippen molar-refractivity contribution >= 4 is 33.3 Å². The highest BCUT2D eigenvalue weighted by atomic mass is 32.1. The van der Waals surface area contributed by atoms with E-state index in [9.17, 15) is 4.79 Å². The average Bonchev–Trinajstić information content (AvgIpc) is 3.50. The number of anilines is 1. The molecule has 0 bridgehead atoms. The molecule has 170 valence electrons. The van der Waals surface area contributed by atoms with Crippen molar-refractivity contribution < 1.29 is 13.9 Å². The minimum absolute atomic E-state index is 0.177. The van der Waals surface area contributed by atoms with Crippen LogP contribution in [0.5, 0.6) is 5.75 Å². The summed E-state index contributed by atoms with van der Waals surface area (Å²) in [6, 6.07) is 18.3. The Morgan fingerprint density at radius 3 is 2.61 bits per heavy atom. The van der Waals surface area contributed by atoms with Crippen LogP contribution in [0.3, 0.4) is 0 Å². The Hall–Kier alpha value is -3.32. The molecule has 33 heavy (non-hydrogen) atoms. The summed E-state index contributed by atoms with van der Waals surface area (Å²) in [6.45, 7) is 5.06. The topological polar surface area (TPSA) is 58.8 Å². The van der Waals surface area contributed by atoms with E-state index in [1.165, 1.54) is 17.1 Å². The molecule has 2 aromatic heterocycles. The lowest BCUT2D eigenvalue weighted by Crippen LogP contribution is -2.49. The van der Waals surface area contributed by atoms with E-state index in [1.807, 2.05) is 29.2 Å². The molecule has 0 aliphatic carbocycles. The van der Waals surface area contributed by atoms with Crippen molar-refractivity contribution in [1.82, 2.24) is 9.27 Å². The molecule has 1 aliphatic rings. The van der Waals surface area contributed by atoms with Crippen LogP contribution in [0, 0.1) is 6.92 Å². The first-order chi connectivity index (χ1) is 16.1. The van der Waals surface area contributed by atoms with Gasteiger partial charge in [-0.05, 0) is 48.8 Å². The second-order valence-electron chi connectivity index (χ2n) is 8.37. The average molecular weight is 462 g/mol. The molecule has 3 heterocycles. The molecule has 1 saturated heterocycles. The lowest BCUT2D eigenvalue weighted by Gasteiger charge is -2.35. The Morgan fingerprint density at radius 1 is 1.06 bits per heavy atom. The predicted octanol–water partition coefficient (Wildman–Crippen LogP) is 5.15. The number of carbonyl (C=O) groups excluding carboxylic acids is 1. The molecule has 0 radical (unpaired) electrons. The van der Waals surface area contributed by atoms with Crippen molar-refractivity contribution in [3.8, 4) is 17.1 Å². The quantitative estimate of drug-likeness (QED) is 0.397. The SMILES string of the molecule is COc1ccc2c(N3CCN(C(=O)CCc4ccc(-c5ccc(C)cc5)o4)CC3)nsc2c1. The number of nitrogens with zero attached hydrogens (tertiary/aromatic N) is 3. The van der Waals surface area contributed by atoms with Crippen molar-refractivity contribution in [1.29, 1.82) is 0 Å². The van der Waals surface area contributed by atoms with Gasteiger partial charge in [-0.15, -0.1) is 0 Å². The van der Waals surface area contributed by atoms with Gasteiger partial charge in [0.1, 0.15) is 23.1 Å². The van der Waals surface area contributed by atoms with Gasteiger partial charge in [-0.1, -0.05) is 29.8 Å². The Labute approximate surface area is 197 Å². The fraction of sp³-hybridized carbons (Fsp3) is 0.308. The molecule has 1 fully saturated rings. The number of aryl methyl sites for hydroxylation is 2. The molecule has 4 aromatic rings. The number of benzene rings is 2. The molecule has 0 atom stereocenters. The molecule has 0 saturated carbocycles. The maximum atomic E-state index is 12.8. The Morgan fingerprint density at radius 2 is 1.85 bits per heavy atom. The largest absolute Gasteiger partial charge is 0.497 e. The van der Waals surface area contributed by atoms with E-state index in [1.54, 1.807) is 7.11 Å². The van der Waals surface area contributed by atoms with Crippen LogP contribution < -0.4 is 9.64 Å². The summed E-state index contributed by atoms with van der Waals surface area (Å²) >= 11 is 1.49. The lowest BCUT2D eigenvalue weighted by atomic mass is 10.1. The van der Waals surface area contributed by atoms with Gasteiger partial charge in [-0.2, -0.15) is 4.37 Å². The smallest absolute Gasteiger partial charge is 0.223 e. The second kappa shape index (κ2) is 9.27. The summed E-state index contributed by atoms with van der Waals surface area (Å²) in [6.07, 6.45) is 1.07. The van der Waals surface area contributed by atoms with Crippen LogP contribution in [0.25, 0.3) is 21.4 Å². The third-order valence-electron chi connectivity index (χ3n) is 6.18. The van der Waals surface area contributed by atoms with Crippen molar-refractivity contribution in [2.45, 2.75) is 19.8 Å². The van der Waals surface area contributed by atoms with Crippen molar-refractivity contribution in [3.05, 3.63) is 65.9 Å². The molecular formula is C26H27N3O3S. The number of piperazine rings is 1. The van der Waals surface area contributed by atoms with E-state index >= 15 is 0 Å². The number of hydrogen-bond donors (Lipinski definition) is 0. The van der Waals surface area contributed by atoms with Gasteiger partial charge in [0.05, 0.1) is 11.8 Å². The molecule has 6 nitrogen and oxygen atoms in total. The molecule has 1 aliphatic heterocycles. The Kier molecular flexibility index (Phi) is 6.05. The molecule has 1 amide bonds. The third kappa shape index (κ3) is 4.59. The summed E-state index contributed by atoms with van der Waals surface area (Å²) < 4.78 is 17.1. The van der Waals surface area contributed by atoms with Crippen LogP contribution >= 0.6 is 11.5 Å². The van der Waals surface area contributed by atoms with Gasteiger partial charge in [0, 0.05) is 50.0 Å². The lowest BCUT2D eigenvalue weighted by molar-refractivity contribution is -0.131. The number of methoxy groups -OCH3 is 1. The number of aromatic nitrogens is 1. The van der Waals surface area contributed by atoms with Crippen molar-refractivity contribution in [2.75, 3.05) is 38.2 Å². The molecule has 0 spiro atoms. The highest BCUT2D eigenvalue weighted by molar-refractivity contribution is 7.13. The molecule has 7 heteroatoms. The fourth-order valence-electron chi connectivity index (χ4n) is 4.20. The van der Waals surface area contributed by atoms with Gasteiger partial charge in [0.15, 0.2) is 0 Å². The fourth-order valence-corrected chi connectivity index (χ4v) is 5.03. The van der Waals surface area contributed by atoms with Crippen LogP contribution in [0.4, 0.5) is 5.82 Å². The number of furan rings is 1.